The number of primary amides is 1. The summed E-state index contributed by atoms with van der Waals surface area (Å²) in [5, 5.41) is 0.509. The number of nitrogens with one attached hydrogen (secondary N) is 1. The molecule has 0 bridgehead atoms. The lowest BCUT2D eigenvalue weighted by Gasteiger charge is -1.96. The number of carbonyl (C=O) groups excluding carboxylic acids is 1. The summed E-state index contributed by atoms with van der Waals surface area (Å²) >= 11 is 5.86. The molecule has 72 valence electrons. The highest BCUT2D eigenvalue weighted by Crippen LogP contribution is 2.27. The Morgan fingerprint density at radius 1 is 1.64 bits per heavy atom. The molecule has 2 aromatic heterocycles. The predicted octanol–water partition coefficient (Wildman–Crippen LogP) is 1.67. The number of rotatable bonds is 1. The number of aromatic nitrogens is 2. The molecule has 0 saturated heterocycles. The lowest BCUT2D eigenvalue weighted by Crippen LogP contribution is -2.16. The smallest absolute Gasteiger partial charge is 0.407 e. The zero-order valence-corrected chi connectivity index (χ0v) is 7.71. The van der Waals surface area contributed by atoms with E-state index in [0.29, 0.717) is 16.1 Å². The van der Waals surface area contributed by atoms with Crippen molar-refractivity contribution in [1.29, 1.82) is 0 Å². The largest absolute Gasteiger partial charge is 0.410 e. The summed E-state index contributed by atoms with van der Waals surface area (Å²) in [5.74, 6) is 0.273. The average Bonchev–Trinajstić information content (AvgIpc) is 2.49. The van der Waals surface area contributed by atoms with Crippen molar-refractivity contribution < 1.29 is 9.53 Å². The van der Waals surface area contributed by atoms with Crippen LogP contribution in [0.1, 0.15) is 0 Å². The molecule has 0 aromatic carbocycles. The second-order valence-electron chi connectivity index (χ2n) is 2.59. The molecule has 0 saturated carbocycles. The van der Waals surface area contributed by atoms with Crippen molar-refractivity contribution in [2.45, 2.75) is 0 Å². The maximum atomic E-state index is 10.5. The van der Waals surface area contributed by atoms with Gasteiger partial charge >= 0.3 is 6.09 Å². The molecule has 3 N–H and O–H groups in total. The average molecular weight is 212 g/mol. The molecule has 2 rings (SSSR count). The lowest BCUT2D eigenvalue weighted by atomic mass is 10.4. The van der Waals surface area contributed by atoms with E-state index in [1.54, 1.807) is 6.07 Å². The number of pyridine rings is 1. The van der Waals surface area contributed by atoms with E-state index < -0.39 is 6.09 Å². The van der Waals surface area contributed by atoms with E-state index in [0.717, 1.165) is 0 Å². The van der Waals surface area contributed by atoms with Gasteiger partial charge in [-0.2, -0.15) is 0 Å². The van der Waals surface area contributed by atoms with Crippen molar-refractivity contribution in [2.24, 2.45) is 5.73 Å². The van der Waals surface area contributed by atoms with E-state index in [9.17, 15) is 4.79 Å². The maximum absolute atomic E-state index is 10.5. The SMILES string of the molecule is NC(=O)Oc1c[nH]c2c(Cl)ccnc12. The minimum absolute atomic E-state index is 0.273. The van der Waals surface area contributed by atoms with Crippen LogP contribution < -0.4 is 10.5 Å². The molecule has 1 amide bonds. The molecule has 5 nitrogen and oxygen atoms in total. The Bertz CT molecular complexity index is 494. The summed E-state index contributed by atoms with van der Waals surface area (Å²) in [6, 6.07) is 1.63. The first kappa shape index (κ1) is 8.83. The first-order chi connectivity index (χ1) is 6.68. The lowest BCUT2D eigenvalue weighted by molar-refractivity contribution is 0.211. The number of hydrogen-bond acceptors (Lipinski definition) is 3. The second kappa shape index (κ2) is 3.19. The Hall–Kier alpha value is -1.75. The minimum Gasteiger partial charge on any atom is -0.407 e. The monoisotopic (exact) mass is 211 g/mol. The number of halogens is 1. The molecular formula is C8H6ClN3O2. The highest BCUT2D eigenvalue weighted by molar-refractivity contribution is 6.35. The van der Waals surface area contributed by atoms with Gasteiger partial charge in [-0.25, -0.2) is 4.79 Å². The number of H-pyrrole nitrogens is 1. The number of ether oxygens (including phenoxy) is 1. The maximum Gasteiger partial charge on any atom is 0.410 e. The molecule has 0 fully saturated rings. The third-order valence-corrected chi connectivity index (χ3v) is 2.01. The van der Waals surface area contributed by atoms with E-state index in [2.05, 4.69) is 9.97 Å². The minimum atomic E-state index is -0.882. The Balaban J connectivity index is 2.58. The third kappa shape index (κ3) is 1.38. The van der Waals surface area contributed by atoms with Crippen LogP contribution in [0.25, 0.3) is 11.0 Å². The van der Waals surface area contributed by atoms with Crippen LogP contribution in [0, 0.1) is 0 Å². The molecule has 0 atom stereocenters. The van der Waals surface area contributed by atoms with Crippen LogP contribution in [0.5, 0.6) is 5.75 Å². The van der Waals surface area contributed by atoms with Gasteiger partial charge in [-0.05, 0) is 6.07 Å². The molecular weight excluding hydrogens is 206 g/mol. The standard InChI is InChI=1S/C8H6ClN3O2/c9-4-1-2-11-7-5(14-8(10)13)3-12-6(4)7/h1-3,12H,(H2,10,13). The van der Waals surface area contributed by atoms with Crippen molar-refractivity contribution in [3.8, 4) is 5.75 Å². The zero-order valence-electron chi connectivity index (χ0n) is 6.95. The van der Waals surface area contributed by atoms with E-state index in [1.165, 1.54) is 12.4 Å². The van der Waals surface area contributed by atoms with E-state index >= 15 is 0 Å². The van der Waals surface area contributed by atoms with Crippen molar-refractivity contribution >= 4 is 28.7 Å². The number of amides is 1. The van der Waals surface area contributed by atoms with Gasteiger partial charge in [0.25, 0.3) is 0 Å². The number of fused-ring (bicyclic) bond motifs is 1. The number of aromatic amines is 1. The summed E-state index contributed by atoms with van der Waals surface area (Å²) in [7, 11) is 0. The second-order valence-corrected chi connectivity index (χ2v) is 3.00. The van der Waals surface area contributed by atoms with Gasteiger partial charge in [0.1, 0.15) is 5.52 Å². The van der Waals surface area contributed by atoms with Gasteiger partial charge in [0, 0.05) is 12.4 Å². The molecule has 2 aromatic rings. The van der Waals surface area contributed by atoms with Gasteiger partial charge < -0.3 is 15.5 Å². The fraction of sp³-hybridized carbons (Fsp3) is 0. The van der Waals surface area contributed by atoms with Crippen LogP contribution in [0.2, 0.25) is 5.02 Å². The van der Waals surface area contributed by atoms with Gasteiger partial charge in [-0.1, -0.05) is 11.6 Å². The molecule has 0 aliphatic heterocycles. The number of hydrogen-bond donors (Lipinski definition) is 2. The molecule has 6 heteroatoms. The Morgan fingerprint density at radius 2 is 2.43 bits per heavy atom. The fourth-order valence-corrected chi connectivity index (χ4v) is 1.36. The van der Waals surface area contributed by atoms with Gasteiger partial charge in [-0.3, -0.25) is 4.98 Å². The van der Waals surface area contributed by atoms with E-state index in [1.807, 2.05) is 0 Å². The predicted molar refractivity (Wildman–Crippen MR) is 51.3 cm³/mol. The topological polar surface area (TPSA) is 81.0 Å². The molecule has 0 spiro atoms. The summed E-state index contributed by atoms with van der Waals surface area (Å²) in [6.07, 6.45) is 2.12. The first-order valence-electron chi connectivity index (χ1n) is 3.77. The molecule has 0 aliphatic rings. The molecule has 0 unspecified atom stereocenters. The van der Waals surface area contributed by atoms with E-state index in [-0.39, 0.29) is 5.75 Å². The van der Waals surface area contributed by atoms with Crippen molar-refractivity contribution in [3.63, 3.8) is 0 Å². The van der Waals surface area contributed by atoms with E-state index in [4.69, 9.17) is 22.1 Å². The number of nitrogens with zero attached hydrogens (tertiary/aromatic N) is 1. The highest BCUT2D eigenvalue weighted by atomic mass is 35.5. The van der Waals surface area contributed by atoms with Crippen LogP contribution in [0.3, 0.4) is 0 Å². The summed E-state index contributed by atoms with van der Waals surface area (Å²) in [4.78, 5) is 17.4. The quantitative estimate of drug-likeness (QED) is 0.753. The normalized spacial score (nSPS) is 10.4. The Morgan fingerprint density at radius 3 is 3.14 bits per heavy atom. The highest BCUT2D eigenvalue weighted by Gasteiger charge is 2.10. The number of carbonyl (C=O) groups is 1. The van der Waals surface area contributed by atoms with Crippen LogP contribution in [-0.2, 0) is 0 Å². The fourth-order valence-electron chi connectivity index (χ4n) is 1.15. The van der Waals surface area contributed by atoms with Crippen LogP contribution in [-0.4, -0.2) is 16.1 Å². The zero-order chi connectivity index (χ0) is 10.1. The molecule has 14 heavy (non-hydrogen) atoms. The molecule has 0 aliphatic carbocycles. The van der Waals surface area contributed by atoms with Gasteiger partial charge in [0.05, 0.1) is 10.5 Å². The van der Waals surface area contributed by atoms with Gasteiger partial charge in [-0.15, -0.1) is 0 Å². The van der Waals surface area contributed by atoms with Crippen LogP contribution >= 0.6 is 11.6 Å². The third-order valence-electron chi connectivity index (χ3n) is 1.69. The Kier molecular flexibility index (Phi) is 2.01. The van der Waals surface area contributed by atoms with Crippen molar-refractivity contribution in [1.82, 2.24) is 9.97 Å². The van der Waals surface area contributed by atoms with Crippen molar-refractivity contribution in [3.05, 3.63) is 23.5 Å². The summed E-state index contributed by atoms with van der Waals surface area (Å²) in [6.45, 7) is 0. The summed E-state index contributed by atoms with van der Waals surface area (Å²) in [5.41, 5.74) is 5.98. The van der Waals surface area contributed by atoms with Crippen molar-refractivity contribution in [2.75, 3.05) is 0 Å². The number of nitrogens with two attached hydrogens (primary N) is 1. The van der Waals surface area contributed by atoms with Crippen LogP contribution in [0.15, 0.2) is 18.5 Å². The summed E-state index contributed by atoms with van der Waals surface area (Å²) < 4.78 is 4.71. The van der Waals surface area contributed by atoms with Crippen LogP contribution in [0.4, 0.5) is 4.79 Å². The first-order valence-corrected chi connectivity index (χ1v) is 4.15. The molecule has 2 heterocycles. The molecule has 0 radical (unpaired) electrons. The van der Waals surface area contributed by atoms with Gasteiger partial charge in [0.15, 0.2) is 5.75 Å². The Labute approximate surface area is 83.8 Å². The van der Waals surface area contributed by atoms with Gasteiger partial charge in [0.2, 0.25) is 0 Å².